The Morgan fingerprint density at radius 2 is 1.65 bits per heavy atom. The van der Waals surface area contributed by atoms with Gasteiger partial charge < -0.3 is 20.9 Å². The minimum Gasteiger partial charge on any atom is -0.357 e. The number of likely N-dealkylation sites (N-methyl/N-ethyl adjacent to an activating group) is 1. The van der Waals surface area contributed by atoms with Gasteiger partial charge in [-0.05, 0) is 48.5 Å². The molecule has 0 aromatic carbocycles. The maximum Gasteiger partial charge on any atom is 0.240 e. The lowest BCUT2D eigenvalue weighted by molar-refractivity contribution is -0.122. The van der Waals surface area contributed by atoms with Gasteiger partial charge in [0.1, 0.15) is 0 Å². The van der Waals surface area contributed by atoms with Gasteiger partial charge in [0.15, 0.2) is 5.96 Å². The number of aliphatic imine (C=N–C) groups is 1. The molecule has 0 aliphatic rings. The zero-order chi connectivity index (χ0) is 17.4. The minimum absolute atomic E-state index is 0. The van der Waals surface area contributed by atoms with E-state index in [0.29, 0.717) is 6.54 Å². The Hall–Kier alpha value is -0.570. The molecule has 0 saturated carbocycles. The maximum atomic E-state index is 12.0. The Labute approximate surface area is 159 Å². The van der Waals surface area contributed by atoms with Crippen LogP contribution < -0.4 is 16.0 Å². The Kier molecular flexibility index (Phi) is 11.9. The second kappa shape index (κ2) is 11.1. The van der Waals surface area contributed by atoms with Crippen LogP contribution in [0.5, 0.6) is 0 Å². The Morgan fingerprint density at radius 1 is 1.09 bits per heavy atom. The van der Waals surface area contributed by atoms with Crippen molar-refractivity contribution in [3.63, 3.8) is 0 Å². The van der Waals surface area contributed by atoms with Gasteiger partial charge in [-0.3, -0.25) is 9.79 Å². The molecular weight excluding hydrogens is 405 g/mol. The van der Waals surface area contributed by atoms with Crippen molar-refractivity contribution in [3.8, 4) is 0 Å². The molecule has 0 atom stereocenters. The van der Waals surface area contributed by atoms with Gasteiger partial charge in [-0.2, -0.15) is 0 Å². The number of amides is 1. The predicted octanol–water partition coefficient (Wildman–Crippen LogP) is 1.80. The number of guanidine groups is 1. The van der Waals surface area contributed by atoms with E-state index in [4.69, 9.17) is 0 Å². The number of hydrogen-bond donors (Lipinski definition) is 3. The first-order valence-corrected chi connectivity index (χ1v) is 8.00. The highest BCUT2D eigenvalue weighted by Crippen LogP contribution is 1.99. The summed E-state index contributed by atoms with van der Waals surface area (Å²) in [4.78, 5) is 18.4. The van der Waals surface area contributed by atoms with E-state index >= 15 is 0 Å². The van der Waals surface area contributed by atoms with Crippen LogP contribution in [0.2, 0.25) is 0 Å². The molecule has 0 aliphatic heterocycles. The molecule has 0 unspecified atom stereocenters. The molecule has 0 heterocycles. The van der Waals surface area contributed by atoms with Gasteiger partial charge >= 0.3 is 0 Å². The summed E-state index contributed by atoms with van der Waals surface area (Å²) in [7, 11) is 1.88. The van der Waals surface area contributed by atoms with Crippen molar-refractivity contribution in [2.24, 2.45) is 4.99 Å². The van der Waals surface area contributed by atoms with Crippen molar-refractivity contribution in [1.82, 2.24) is 20.9 Å². The van der Waals surface area contributed by atoms with E-state index in [1.807, 2.05) is 39.6 Å². The predicted molar refractivity (Wildman–Crippen MR) is 110 cm³/mol. The van der Waals surface area contributed by atoms with E-state index in [1.54, 1.807) is 0 Å². The molecule has 3 N–H and O–H groups in total. The first-order chi connectivity index (χ1) is 9.94. The van der Waals surface area contributed by atoms with Gasteiger partial charge in [0.25, 0.3) is 0 Å². The van der Waals surface area contributed by atoms with E-state index in [0.717, 1.165) is 19.0 Å². The molecule has 6 nitrogen and oxygen atoms in total. The van der Waals surface area contributed by atoms with Gasteiger partial charge in [-0.25, -0.2) is 0 Å². The normalized spacial score (nSPS) is 12.4. The highest BCUT2D eigenvalue weighted by molar-refractivity contribution is 14.0. The van der Waals surface area contributed by atoms with E-state index in [-0.39, 0.29) is 47.5 Å². The van der Waals surface area contributed by atoms with Gasteiger partial charge in [0.2, 0.25) is 5.91 Å². The first kappa shape index (κ1) is 24.7. The zero-order valence-corrected chi connectivity index (χ0v) is 18.4. The number of carbonyl (C=O) groups is 1. The Bertz CT molecular complexity index is 372. The van der Waals surface area contributed by atoms with Crippen LogP contribution in [0.15, 0.2) is 4.99 Å². The summed E-state index contributed by atoms with van der Waals surface area (Å²) in [6.07, 6.45) is 0. The molecule has 0 saturated heterocycles. The molecule has 0 spiro atoms. The summed E-state index contributed by atoms with van der Waals surface area (Å²) in [5, 5.41) is 9.57. The average molecular weight is 441 g/mol. The SMILES string of the molecule is CCNC(=NCCNC(C)(C)C)N(C)CC(=O)NC(C)(C)C.I. The third kappa shape index (κ3) is 14.7. The summed E-state index contributed by atoms with van der Waals surface area (Å²) >= 11 is 0. The highest BCUT2D eigenvalue weighted by atomic mass is 127. The molecular formula is C16H36IN5O. The molecule has 0 aliphatic carbocycles. The minimum atomic E-state index is -0.218. The van der Waals surface area contributed by atoms with E-state index in [1.165, 1.54) is 0 Å². The third-order valence-electron chi connectivity index (χ3n) is 2.62. The van der Waals surface area contributed by atoms with Crippen LogP contribution in [0.4, 0.5) is 0 Å². The molecule has 7 heteroatoms. The Balaban J connectivity index is 0. The lowest BCUT2D eigenvalue weighted by atomic mass is 10.1. The summed E-state index contributed by atoms with van der Waals surface area (Å²) in [5.74, 6) is 0.746. The lowest BCUT2D eigenvalue weighted by Gasteiger charge is -2.25. The van der Waals surface area contributed by atoms with Crippen molar-refractivity contribution in [2.75, 3.05) is 33.2 Å². The standard InChI is InChI=1S/C16H35N5O.HI/c1-9-17-14(18-10-11-19-15(2,3)4)21(8)12-13(22)20-16(5,6)7;/h19H,9-12H2,1-8H3,(H,17,18)(H,20,22);1H. The smallest absolute Gasteiger partial charge is 0.240 e. The van der Waals surface area contributed by atoms with Crippen molar-refractivity contribution in [2.45, 2.75) is 59.5 Å². The Morgan fingerprint density at radius 3 is 2.09 bits per heavy atom. The molecule has 0 fully saturated rings. The molecule has 0 aromatic heterocycles. The number of nitrogens with zero attached hydrogens (tertiary/aromatic N) is 2. The summed E-state index contributed by atoms with van der Waals surface area (Å²) in [6, 6.07) is 0. The number of halogens is 1. The van der Waals surface area contributed by atoms with Crippen LogP contribution in [0.3, 0.4) is 0 Å². The third-order valence-corrected chi connectivity index (χ3v) is 2.62. The molecule has 0 radical (unpaired) electrons. The molecule has 0 aromatic rings. The molecule has 23 heavy (non-hydrogen) atoms. The van der Waals surface area contributed by atoms with Crippen LogP contribution in [0, 0.1) is 0 Å². The summed E-state index contributed by atoms with van der Waals surface area (Å²) in [5.41, 5.74) is -0.129. The molecule has 0 rings (SSSR count). The van der Waals surface area contributed by atoms with Gasteiger partial charge in [0.05, 0.1) is 13.1 Å². The van der Waals surface area contributed by atoms with Crippen molar-refractivity contribution in [1.29, 1.82) is 0 Å². The lowest BCUT2D eigenvalue weighted by Crippen LogP contribution is -2.49. The topological polar surface area (TPSA) is 68.8 Å². The van der Waals surface area contributed by atoms with Crippen LogP contribution in [-0.4, -0.2) is 61.1 Å². The largest absolute Gasteiger partial charge is 0.357 e. The first-order valence-electron chi connectivity index (χ1n) is 8.00. The fourth-order valence-corrected chi connectivity index (χ4v) is 1.81. The fourth-order valence-electron chi connectivity index (χ4n) is 1.81. The number of nitrogens with one attached hydrogen (secondary N) is 3. The van der Waals surface area contributed by atoms with Crippen molar-refractivity contribution >= 4 is 35.8 Å². The molecule has 1 amide bonds. The highest BCUT2D eigenvalue weighted by Gasteiger charge is 2.16. The fraction of sp³-hybridized carbons (Fsp3) is 0.875. The van der Waals surface area contributed by atoms with Gasteiger partial charge in [0, 0.05) is 31.2 Å². The quantitative estimate of drug-likeness (QED) is 0.255. The average Bonchev–Trinajstić information content (AvgIpc) is 2.29. The second-order valence-electron chi connectivity index (χ2n) is 7.57. The van der Waals surface area contributed by atoms with Gasteiger partial charge in [-0.1, -0.05) is 0 Å². The van der Waals surface area contributed by atoms with Crippen LogP contribution in [0.1, 0.15) is 48.5 Å². The number of carbonyl (C=O) groups excluding carboxylic acids is 1. The maximum absolute atomic E-state index is 12.0. The monoisotopic (exact) mass is 441 g/mol. The second-order valence-corrected chi connectivity index (χ2v) is 7.57. The van der Waals surface area contributed by atoms with Crippen molar-refractivity contribution in [3.05, 3.63) is 0 Å². The van der Waals surface area contributed by atoms with E-state index in [2.05, 4.69) is 41.7 Å². The molecule has 0 bridgehead atoms. The summed E-state index contributed by atoms with van der Waals surface area (Å²) < 4.78 is 0. The van der Waals surface area contributed by atoms with E-state index < -0.39 is 0 Å². The van der Waals surface area contributed by atoms with Crippen molar-refractivity contribution < 1.29 is 4.79 Å². The van der Waals surface area contributed by atoms with Crippen LogP contribution in [-0.2, 0) is 4.79 Å². The van der Waals surface area contributed by atoms with E-state index in [9.17, 15) is 4.79 Å². The van der Waals surface area contributed by atoms with Crippen LogP contribution in [0.25, 0.3) is 0 Å². The summed E-state index contributed by atoms with van der Waals surface area (Å²) in [6.45, 7) is 16.9. The zero-order valence-electron chi connectivity index (χ0n) is 16.0. The number of hydrogen-bond acceptors (Lipinski definition) is 3. The number of rotatable bonds is 6. The molecule has 138 valence electrons. The van der Waals surface area contributed by atoms with Crippen LogP contribution >= 0.6 is 24.0 Å². The van der Waals surface area contributed by atoms with Gasteiger partial charge in [-0.15, -0.1) is 24.0 Å².